The molecule has 0 spiro atoms. The highest BCUT2D eigenvalue weighted by atomic mass is 32.2. The molecule has 2 aromatic rings. The Morgan fingerprint density at radius 1 is 0.812 bits per heavy atom. The molecular weight excluding hydrogens is 424 g/mol. The third-order valence-electron chi connectivity index (χ3n) is 6.28. The summed E-state index contributed by atoms with van der Waals surface area (Å²) in [5.41, 5.74) is 1.74. The fourth-order valence-electron chi connectivity index (χ4n) is 4.33. The number of amides is 1. The number of piperazine rings is 1. The number of sulfonamides is 1. The van der Waals surface area contributed by atoms with E-state index in [-0.39, 0.29) is 10.8 Å². The minimum atomic E-state index is -3.47. The van der Waals surface area contributed by atoms with Crippen molar-refractivity contribution < 1.29 is 13.2 Å². The Morgan fingerprint density at radius 3 is 2.12 bits per heavy atom. The molecule has 2 heterocycles. The van der Waals surface area contributed by atoms with Crippen molar-refractivity contribution in [2.24, 2.45) is 0 Å². The maximum absolute atomic E-state index is 12.7. The molecule has 0 bridgehead atoms. The third kappa shape index (κ3) is 5.49. The smallest absolute Gasteiger partial charge is 0.251 e. The number of rotatable bonds is 7. The predicted octanol–water partition coefficient (Wildman–Crippen LogP) is 2.41. The van der Waals surface area contributed by atoms with Crippen LogP contribution in [-0.2, 0) is 10.0 Å². The van der Waals surface area contributed by atoms with Gasteiger partial charge < -0.3 is 10.2 Å². The van der Waals surface area contributed by atoms with E-state index in [0.717, 1.165) is 52.0 Å². The van der Waals surface area contributed by atoms with Crippen molar-refractivity contribution in [2.75, 3.05) is 57.3 Å². The molecule has 2 aliphatic rings. The number of anilines is 1. The van der Waals surface area contributed by atoms with Gasteiger partial charge in [-0.05, 0) is 49.2 Å². The highest BCUT2D eigenvalue weighted by Gasteiger charge is 2.26. The summed E-state index contributed by atoms with van der Waals surface area (Å²) in [6.07, 6.45) is 2.88. The number of hydrogen-bond donors (Lipinski definition) is 1. The zero-order valence-corrected chi connectivity index (χ0v) is 19.3. The Morgan fingerprint density at radius 2 is 1.47 bits per heavy atom. The summed E-state index contributed by atoms with van der Waals surface area (Å²) in [6.45, 7) is 6.40. The van der Waals surface area contributed by atoms with Gasteiger partial charge in [0.1, 0.15) is 0 Å². The van der Waals surface area contributed by atoms with Crippen molar-refractivity contribution in [3.8, 4) is 0 Å². The van der Waals surface area contributed by atoms with E-state index >= 15 is 0 Å². The van der Waals surface area contributed by atoms with Crippen LogP contribution in [0.25, 0.3) is 0 Å². The first kappa shape index (κ1) is 22.8. The van der Waals surface area contributed by atoms with Gasteiger partial charge in [0.25, 0.3) is 5.91 Å². The van der Waals surface area contributed by atoms with Crippen molar-refractivity contribution in [1.82, 2.24) is 14.5 Å². The van der Waals surface area contributed by atoms with Crippen LogP contribution >= 0.6 is 0 Å². The largest absolute Gasteiger partial charge is 0.369 e. The van der Waals surface area contributed by atoms with Crippen molar-refractivity contribution in [1.29, 1.82) is 0 Å². The number of hydrogen-bond acceptors (Lipinski definition) is 5. The van der Waals surface area contributed by atoms with Crippen LogP contribution in [0.5, 0.6) is 0 Å². The lowest BCUT2D eigenvalue weighted by atomic mass is 10.2. The van der Waals surface area contributed by atoms with E-state index in [4.69, 9.17) is 0 Å². The fourth-order valence-corrected chi connectivity index (χ4v) is 5.85. The van der Waals surface area contributed by atoms with Crippen molar-refractivity contribution in [3.63, 3.8) is 0 Å². The summed E-state index contributed by atoms with van der Waals surface area (Å²) in [4.78, 5) is 17.5. The van der Waals surface area contributed by atoms with Gasteiger partial charge in [-0.25, -0.2) is 8.42 Å². The van der Waals surface area contributed by atoms with Gasteiger partial charge in [0.2, 0.25) is 10.0 Å². The van der Waals surface area contributed by atoms with Crippen LogP contribution in [-0.4, -0.2) is 75.9 Å². The van der Waals surface area contributed by atoms with Gasteiger partial charge in [-0.15, -0.1) is 0 Å². The second-order valence-electron chi connectivity index (χ2n) is 8.41. The van der Waals surface area contributed by atoms with E-state index in [9.17, 15) is 13.2 Å². The Bertz CT molecular complexity index is 982. The second kappa shape index (κ2) is 10.5. The SMILES string of the molecule is O=C(NCCN1CCN(c2ccccc2)CC1)c1ccc(S(=O)(=O)N2CCCCC2)cc1. The first-order valence-electron chi connectivity index (χ1n) is 11.4. The average Bonchev–Trinajstić information content (AvgIpc) is 2.85. The fraction of sp³-hybridized carbons (Fsp3) is 0.458. The predicted molar refractivity (Wildman–Crippen MR) is 126 cm³/mol. The zero-order chi connectivity index (χ0) is 22.4. The molecule has 0 atom stereocenters. The Kier molecular flexibility index (Phi) is 7.44. The van der Waals surface area contributed by atoms with Gasteiger partial charge >= 0.3 is 0 Å². The van der Waals surface area contributed by atoms with Crippen molar-refractivity contribution in [3.05, 3.63) is 60.2 Å². The van der Waals surface area contributed by atoms with Crippen molar-refractivity contribution >= 4 is 21.6 Å². The molecule has 2 aromatic carbocycles. The number of carbonyl (C=O) groups is 1. The molecule has 8 heteroatoms. The summed E-state index contributed by atoms with van der Waals surface area (Å²) in [5, 5.41) is 2.96. The maximum Gasteiger partial charge on any atom is 0.251 e. The molecule has 2 saturated heterocycles. The van der Waals surface area contributed by atoms with E-state index in [0.29, 0.717) is 25.2 Å². The minimum Gasteiger partial charge on any atom is -0.369 e. The molecule has 2 fully saturated rings. The van der Waals surface area contributed by atoms with Gasteiger partial charge in [0.15, 0.2) is 0 Å². The van der Waals surface area contributed by atoms with Gasteiger partial charge in [-0.2, -0.15) is 4.31 Å². The molecule has 32 heavy (non-hydrogen) atoms. The van der Waals surface area contributed by atoms with E-state index in [1.54, 1.807) is 28.6 Å². The van der Waals surface area contributed by atoms with Gasteiger partial charge in [0, 0.05) is 63.6 Å². The number of piperidine rings is 1. The van der Waals surface area contributed by atoms with E-state index in [1.165, 1.54) is 5.69 Å². The zero-order valence-electron chi connectivity index (χ0n) is 18.4. The molecule has 4 rings (SSSR count). The molecule has 7 nitrogen and oxygen atoms in total. The summed E-state index contributed by atoms with van der Waals surface area (Å²) < 4.78 is 27.0. The maximum atomic E-state index is 12.7. The lowest BCUT2D eigenvalue weighted by molar-refractivity contribution is 0.0947. The molecule has 1 N–H and O–H groups in total. The topological polar surface area (TPSA) is 73.0 Å². The Labute approximate surface area is 191 Å². The van der Waals surface area contributed by atoms with Gasteiger partial charge in [-0.3, -0.25) is 9.69 Å². The van der Waals surface area contributed by atoms with Crippen LogP contribution in [0.1, 0.15) is 29.6 Å². The quantitative estimate of drug-likeness (QED) is 0.693. The van der Waals surface area contributed by atoms with Gasteiger partial charge in [0.05, 0.1) is 4.90 Å². The second-order valence-corrected chi connectivity index (χ2v) is 10.3. The first-order chi connectivity index (χ1) is 15.5. The number of carbonyl (C=O) groups excluding carboxylic acids is 1. The molecule has 0 aliphatic carbocycles. The number of nitrogens with zero attached hydrogens (tertiary/aromatic N) is 3. The van der Waals surface area contributed by atoms with Crippen LogP contribution < -0.4 is 10.2 Å². The molecular formula is C24H32N4O3S. The highest BCUT2D eigenvalue weighted by Crippen LogP contribution is 2.21. The van der Waals surface area contributed by atoms with E-state index < -0.39 is 10.0 Å². The summed E-state index contributed by atoms with van der Waals surface area (Å²) in [5.74, 6) is -0.171. The van der Waals surface area contributed by atoms with Crippen LogP contribution in [0.2, 0.25) is 0 Å². The number of nitrogens with one attached hydrogen (secondary N) is 1. The third-order valence-corrected chi connectivity index (χ3v) is 8.19. The molecule has 1 amide bonds. The molecule has 0 radical (unpaired) electrons. The van der Waals surface area contributed by atoms with Crippen molar-refractivity contribution in [2.45, 2.75) is 24.2 Å². The van der Waals surface area contributed by atoms with Crippen LogP contribution in [0.15, 0.2) is 59.5 Å². The lowest BCUT2D eigenvalue weighted by Crippen LogP contribution is -2.48. The average molecular weight is 457 g/mol. The van der Waals surface area contributed by atoms with E-state index in [2.05, 4.69) is 39.4 Å². The van der Waals surface area contributed by atoms with Crippen LogP contribution in [0.3, 0.4) is 0 Å². The van der Waals surface area contributed by atoms with Crippen LogP contribution in [0.4, 0.5) is 5.69 Å². The summed E-state index contributed by atoms with van der Waals surface area (Å²) in [6, 6.07) is 16.7. The Hall–Kier alpha value is -2.42. The van der Waals surface area contributed by atoms with E-state index in [1.807, 2.05) is 6.07 Å². The molecule has 0 aromatic heterocycles. The highest BCUT2D eigenvalue weighted by molar-refractivity contribution is 7.89. The van der Waals surface area contributed by atoms with Gasteiger partial charge in [-0.1, -0.05) is 24.6 Å². The lowest BCUT2D eigenvalue weighted by Gasteiger charge is -2.36. The molecule has 2 aliphatic heterocycles. The Balaban J connectivity index is 1.22. The monoisotopic (exact) mass is 456 g/mol. The minimum absolute atomic E-state index is 0.171. The number of benzene rings is 2. The molecule has 0 unspecified atom stereocenters. The molecule has 172 valence electrons. The normalized spacial score (nSPS) is 18.4. The molecule has 0 saturated carbocycles. The summed E-state index contributed by atoms with van der Waals surface area (Å²) in [7, 11) is -3.47. The summed E-state index contributed by atoms with van der Waals surface area (Å²) >= 11 is 0. The first-order valence-corrected chi connectivity index (χ1v) is 12.9. The standard InChI is InChI=1S/C24H32N4O3S/c29-24(21-9-11-23(12-10-21)32(30,31)28-14-5-2-6-15-28)25-13-16-26-17-19-27(20-18-26)22-7-3-1-4-8-22/h1,3-4,7-12H,2,5-6,13-20H2,(H,25,29). The van der Waals surface area contributed by atoms with Crippen LogP contribution in [0, 0.1) is 0 Å². The number of para-hydroxylation sites is 1.